The molecule has 0 saturated carbocycles. The van der Waals surface area contributed by atoms with E-state index in [9.17, 15) is 33.9 Å². The molecule has 0 bridgehead atoms. The molecule has 0 radical (unpaired) electrons. The van der Waals surface area contributed by atoms with Crippen LogP contribution >= 0.6 is 0 Å². The molecule has 3 heterocycles. The average Bonchev–Trinajstić information content (AvgIpc) is 3.86. The molecule has 2 fully saturated rings. The molecule has 2 saturated heterocycles. The summed E-state index contributed by atoms with van der Waals surface area (Å²) in [4.78, 5) is 83.8. The molecular weight excluding hydrogens is 632 g/mol. The van der Waals surface area contributed by atoms with Crippen molar-refractivity contribution in [3.05, 3.63) is 71.9 Å². The monoisotopic (exact) mass is 674 g/mol. The van der Waals surface area contributed by atoms with Gasteiger partial charge in [-0.1, -0.05) is 48.5 Å². The molecule has 0 unspecified atom stereocenters. The quantitative estimate of drug-likeness (QED) is 0.145. The van der Waals surface area contributed by atoms with Gasteiger partial charge in [-0.05, 0) is 55.7 Å². The summed E-state index contributed by atoms with van der Waals surface area (Å²) in [5, 5.41) is 24.7. The second-order valence-corrected chi connectivity index (χ2v) is 12.6. The fourth-order valence-electron chi connectivity index (χ4n) is 6.75. The zero-order valence-corrected chi connectivity index (χ0v) is 27.0. The topological polar surface area (TPSA) is 215 Å². The second-order valence-electron chi connectivity index (χ2n) is 12.6. The summed E-state index contributed by atoms with van der Waals surface area (Å²) in [7, 11) is 0. The average molecular weight is 675 g/mol. The lowest BCUT2D eigenvalue weighted by molar-refractivity contribution is -0.147. The van der Waals surface area contributed by atoms with Gasteiger partial charge in [-0.15, -0.1) is 0 Å². The Morgan fingerprint density at radius 3 is 2.22 bits per heavy atom. The highest BCUT2D eigenvalue weighted by Crippen LogP contribution is 2.26. The van der Waals surface area contributed by atoms with E-state index in [1.54, 1.807) is 6.20 Å². The normalized spacial score (nSPS) is 19.3. The van der Waals surface area contributed by atoms with Crippen molar-refractivity contribution in [3.63, 3.8) is 0 Å². The number of carbonyl (C=O) groups excluding carboxylic acids is 4. The number of carboxylic acid groups (broad SMARTS) is 2. The number of rotatable bonds is 14. The largest absolute Gasteiger partial charge is 0.481 e. The number of nitrogens with one attached hydrogen (secondary N) is 3. The third-order valence-corrected chi connectivity index (χ3v) is 9.27. The van der Waals surface area contributed by atoms with Gasteiger partial charge >= 0.3 is 11.9 Å². The zero-order chi connectivity index (χ0) is 35.1. The van der Waals surface area contributed by atoms with E-state index in [1.807, 2.05) is 54.6 Å². The Hall–Kier alpha value is -5.24. The van der Waals surface area contributed by atoms with Crippen LogP contribution in [0.15, 0.2) is 60.8 Å². The van der Waals surface area contributed by atoms with Gasteiger partial charge in [0.1, 0.15) is 24.2 Å². The lowest BCUT2D eigenvalue weighted by Gasteiger charge is -2.32. The van der Waals surface area contributed by atoms with Crippen molar-refractivity contribution < 1.29 is 39.0 Å². The fraction of sp³-hybridized carbons (Fsp3) is 0.429. The predicted octanol–water partition coefficient (Wildman–Crippen LogP) is 1.18. The van der Waals surface area contributed by atoms with Gasteiger partial charge in [-0.25, -0.2) is 4.79 Å². The van der Waals surface area contributed by atoms with Crippen LogP contribution in [0, 0.1) is 0 Å². The summed E-state index contributed by atoms with van der Waals surface area (Å²) in [5.74, 6) is -4.68. The van der Waals surface area contributed by atoms with Crippen LogP contribution in [-0.4, -0.2) is 104 Å². The summed E-state index contributed by atoms with van der Waals surface area (Å²) in [6, 6.07) is 11.5. The highest BCUT2D eigenvalue weighted by molar-refractivity contribution is 5.96. The molecule has 1 aromatic heterocycles. The number of aromatic amines is 1. The van der Waals surface area contributed by atoms with Crippen molar-refractivity contribution in [2.75, 3.05) is 13.1 Å². The summed E-state index contributed by atoms with van der Waals surface area (Å²) in [6.45, 7) is 0.670. The standard InChI is InChI=1S/C35H42N6O8/c36-24(18-21-8-2-1-3-9-21)33(46)41-17-7-13-29(41)34(47)40-16-6-12-28(40)32(45)39-27(19-22-20-37-25-11-5-4-10-23(22)25)31(44)38-26(35(48)49)14-15-30(42)43/h1-5,8-11,20,24,26-29,37H,6-7,12-19,36H2,(H,38,44)(H,39,45)(H,42,43)(H,48,49)/t24-,26-,27-,28-,29-/m0/s1. The van der Waals surface area contributed by atoms with E-state index in [-0.39, 0.29) is 24.7 Å². The number of carbonyl (C=O) groups is 6. The molecule has 5 atom stereocenters. The number of carboxylic acids is 2. The smallest absolute Gasteiger partial charge is 0.326 e. The van der Waals surface area contributed by atoms with Gasteiger partial charge in [-0.2, -0.15) is 0 Å². The number of nitrogens with two attached hydrogens (primary N) is 1. The zero-order valence-electron chi connectivity index (χ0n) is 27.0. The molecule has 14 heteroatoms. The van der Waals surface area contributed by atoms with Gasteiger partial charge in [0.25, 0.3) is 0 Å². The maximum Gasteiger partial charge on any atom is 0.326 e. The maximum atomic E-state index is 13.9. The minimum Gasteiger partial charge on any atom is -0.481 e. The van der Waals surface area contributed by atoms with Gasteiger partial charge in [0, 0.05) is 43.0 Å². The highest BCUT2D eigenvalue weighted by Gasteiger charge is 2.43. The molecule has 260 valence electrons. The van der Waals surface area contributed by atoms with E-state index < -0.39 is 60.4 Å². The molecule has 5 rings (SSSR count). The highest BCUT2D eigenvalue weighted by atomic mass is 16.4. The van der Waals surface area contributed by atoms with Crippen LogP contribution in [-0.2, 0) is 41.6 Å². The molecule has 2 aromatic carbocycles. The van der Waals surface area contributed by atoms with E-state index in [0.717, 1.165) is 16.5 Å². The van der Waals surface area contributed by atoms with Gasteiger partial charge in [-0.3, -0.25) is 24.0 Å². The van der Waals surface area contributed by atoms with Crippen molar-refractivity contribution in [2.24, 2.45) is 5.73 Å². The summed E-state index contributed by atoms with van der Waals surface area (Å²) >= 11 is 0. The molecule has 49 heavy (non-hydrogen) atoms. The first-order valence-corrected chi connectivity index (χ1v) is 16.5. The third kappa shape index (κ3) is 8.44. The minimum atomic E-state index is -1.49. The van der Waals surface area contributed by atoms with Gasteiger partial charge < -0.3 is 41.4 Å². The van der Waals surface area contributed by atoms with Gasteiger partial charge in [0.05, 0.1) is 6.04 Å². The van der Waals surface area contributed by atoms with Crippen molar-refractivity contribution in [3.8, 4) is 0 Å². The molecule has 3 aromatic rings. The lowest BCUT2D eigenvalue weighted by Crippen LogP contribution is -2.58. The summed E-state index contributed by atoms with van der Waals surface area (Å²) in [6.07, 6.45) is 3.13. The van der Waals surface area contributed by atoms with Crippen LogP contribution in [0.5, 0.6) is 0 Å². The first-order valence-electron chi connectivity index (χ1n) is 16.5. The predicted molar refractivity (Wildman–Crippen MR) is 178 cm³/mol. The molecule has 0 spiro atoms. The van der Waals surface area contributed by atoms with Crippen molar-refractivity contribution >= 4 is 46.5 Å². The number of likely N-dealkylation sites (tertiary alicyclic amines) is 2. The van der Waals surface area contributed by atoms with Crippen molar-refractivity contribution in [2.45, 2.75) is 81.6 Å². The van der Waals surface area contributed by atoms with Gasteiger partial charge in [0.15, 0.2) is 0 Å². The Kier molecular flexibility index (Phi) is 11.3. The number of hydrogen-bond donors (Lipinski definition) is 6. The number of aliphatic carboxylic acids is 2. The van der Waals surface area contributed by atoms with E-state index in [1.165, 1.54) is 9.80 Å². The molecule has 7 N–H and O–H groups in total. The minimum absolute atomic E-state index is 0.00225. The van der Waals surface area contributed by atoms with Crippen LogP contribution in [0.3, 0.4) is 0 Å². The van der Waals surface area contributed by atoms with Crippen molar-refractivity contribution in [1.82, 2.24) is 25.4 Å². The molecule has 4 amide bonds. The van der Waals surface area contributed by atoms with Crippen LogP contribution < -0.4 is 16.4 Å². The Bertz CT molecular complexity index is 1690. The molecule has 2 aliphatic rings. The van der Waals surface area contributed by atoms with E-state index >= 15 is 0 Å². The van der Waals surface area contributed by atoms with E-state index in [0.29, 0.717) is 50.8 Å². The lowest BCUT2D eigenvalue weighted by atomic mass is 10.0. The Balaban J connectivity index is 1.31. The SMILES string of the molecule is N[C@@H](Cc1ccccc1)C(=O)N1CCC[C@H]1C(=O)N1CCC[C@H]1C(=O)N[C@@H](Cc1c[nH]c2ccccc12)C(=O)N[C@@H](CCC(=O)O)C(=O)O. The first kappa shape index (κ1) is 35.1. The number of benzene rings is 2. The number of nitrogens with zero attached hydrogens (tertiary/aromatic N) is 2. The third-order valence-electron chi connectivity index (χ3n) is 9.27. The second kappa shape index (κ2) is 15.8. The Morgan fingerprint density at radius 1 is 0.837 bits per heavy atom. The van der Waals surface area contributed by atoms with E-state index in [4.69, 9.17) is 10.8 Å². The number of para-hydroxylation sites is 1. The molecular formula is C35H42N6O8. The molecule has 14 nitrogen and oxygen atoms in total. The van der Waals surface area contributed by atoms with E-state index in [2.05, 4.69) is 15.6 Å². The Labute approximate surface area is 283 Å². The van der Waals surface area contributed by atoms with Crippen LogP contribution in [0.1, 0.15) is 49.7 Å². The first-order chi connectivity index (χ1) is 23.5. The van der Waals surface area contributed by atoms with Crippen LogP contribution in [0.25, 0.3) is 10.9 Å². The molecule has 0 aliphatic carbocycles. The van der Waals surface area contributed by atoms with Crippen molar-refractivity contribution in [1.29, 1.82) is 0 Å². The number of H-pyrrole nitrogens is 1. The van der Waals surface area contributed by atoms with Gasteiger partial charge in [0.2, 0.25) is 23.6 Å². The number of amides is 4. The number of aromatic nitrogens is 1. The van der Waals surface area contributed by atoms with Crippen LogP contribution in [0.4, 0.5) is 0 Å². The number of fused-ring (bicyclic) bond motifs is 1. The fourth-order valence-corrected chi connectivity index (χ4v) is 6.75. The van der Waals surface area contributed by atoms with Crippen LogP contribution in [0.2, 0.25) is 0 Å². The molecule has 2 aliphatic heterocycles. The summed E-state index contributed by atoms with van der Waals surface area (Å²) < 4.78 is 0. The number of hydrogen-bond acceptors (Lipinski definition) is 7. The maximum absolute atomic E-state index is 13.9. The Morgan fingerprint density at radius 2 is 1.51 bits per heavy atom. The summed E-state index contributed by atoms with van der Waals surface area (Å²) in [5.41, 5.74) is 8.70.